The quantitative estimate of drug-likeness (QED) is 0.805. The molecule has 1 amide bonds. The van der Waals surface area contributed by atoms with Gasteiger partial charge in [-0.25, -0.2) is 0 Å². The summed E-state index contributed by atoms with van der Waals surface area (Å²) in [5, 5.41) is 3.40. The Morgan fingerprint density at radius 1 is 1.22 bits per heavy atom. The van der Waals surface area contributed by atoms with Crippen molar-refractivity contribution in [3.05, 3.63) is 0 Å². The van der Waals surface area contributed by atoms with Crippen LogP contribution in [0.25, 0.3) is 0 Å². The summed E-state index contributed by atoms with van der Waals surface area (Å²) in [6.45, 7) is 4.65. The Bertz CT molecular complexity index is 316. The van der Waals surface area contributed by atoms with Gasteiger partial charge in [0.05, 0.1) is 5.60 Å². The molecule has 18 heavy (non-hydrogen) atoms. The maximum absolute atomic E-state index is 11.9. The summed E-state index contributed by atoms with van der Waals surface area (Å²) in [5.41, 5.74) is 0.0523. The highest BCUT2D eigenvalue weighted by molar-refractivity contribution is 5.74. The van der Waals surface area contributed by atoms with Crippen LogP contribution in [0.3, 0.4) is 0 Å². The first-order valence-electron chi connectivity index (χ1n) is 7.34. The van der Waals surface area contributed by atoms with Crippen molar-refractivity contribution in [1.82, 2.24) is 10.2 Å². The minimum atomic E-state index is 0.0523. The zero-order chi connectivity index (χ0) is 12.6. The van der Waals surface area contributed by atoms with Crippen molar-refractivity contribution in [2.75, 3.05) is 19.7 Å². The van der Waals surface area contributed by atoms with E-state index < -0.39 is 0 Å². The molecule has 102 valence electrons. The Kier molecular flexibility index (Phi) is 3.32. The fourth-order valence-corrected chi connectivity index (χ4v) is 3.64. The number of nitrogens with one attached hydrogen (secondary N) is 1. The van der Waals surface area contributed by atoms with Crippen LogP contribution in [0, 0.1) is 0 Å². The first-order valence-corrected chi connectivity index (χ1v) is 7.34. The largest absolute Gasteiger partial charge is 0.375 e. The highest BCUT2D eigenvalue weighted by atomic mass is 16.5. The Balaban J connectivity index is 1.70. The number of carbonyl (C=O) groups is 1. The Labute approximate surface area is 109 Å². The normalized spacial score (nSPS) is 31.3. The molecule has 0 aromatic heterocycles. The number of hydrogen-bond donors (Lipinski definition) is 1. The van der Waals surface area contributed by atoms with Gasteiger partial charge in [0.1, 0.15) is 0 Å². The predicted molar refractivity (Wildman–Crippen MR) is 69.4 cm³/mol. The molecule has 0 aromatic carbocycles. The number of nitrogens with zero attached hydrogens (tertiary/aromatic N) is 1. The number of piperidine rings is 1. The van der Waals surface area contributed by atoms with E-state index >= 15 is 0 Å². The van der Waals surface area contributed by atoms with Crippen LogP contribution in [0.1, 0.15) is 45.4 Å². The van der Waals surface area contributed by atoms with Gasteiger partial charge in [-0.05, 0) is 51.6 Å². The van der Waals surface area contributed by atoms with E-state index in [-0.39, 0.29) is 11.5 Å². The zero-order valence-corrected chi connectivity index (χ0v) is 11.3. The van der Waals surface area contributed by atoms with Crippen molar-refractivity contribution in [2.45, 2.75) is 63.1 Å². The average molecular weight is 252 g/mol. The van der Waals surface area contributed by atoms with Gasteiger partial charge in [0, 0.05) is 25.6 Å². The molecule has 1 aliphatic carbocycles. The lowest BCUT2D eigenvalue weighted by atomic mass is 9.82. The monoisotopic (exact) mass is 252 g/mol. The Morgan fingerprint density at radius 3 is 2.56 bits per heavy atom. The molecule has 0 radical (unpaired) electrons. The van der Waals surface area contributed by atoms with Gasteiger partial charge < -0.3 is 15.0 Å². The van der Waals surface area contributed by atoms with Gasteiger partial charge in [-0.1, -0.05) is 0 Å². The molecule has 3 fully saturated rings. The molecule has 4 nitrogen and oxygen atoms in total. The van der Waals surface area contributed by atoms with Crippen LogP contribution in [-0.4, -0.2) is 48.2 Å². The molecule has 0 aromatic rings. The van der Waals surface area contributed by atoms with Gasteiger partial charge in [0.2, 0.25) is 5.91 Å². The maximum atomic E-state index is 11.9. The second-order valence-electron chi connectivity index (χ2n) is 6.09. The van der Waals surface area contributed by atoms with E-state index in [1.165, 1.54) is 12.8 Å². The highest BCUT2D eigenvalue weighted by Gasteiger charge is 2.44. The Hall–Kier alpha value is -0.610. The van der Waals surface area contributed by atoms with Crippen molar-refractivity contribution in [3.8, 4) is 0 Å². The summed E-state index contributed by atoms with van der Waals surface area (Å²) in [5.74, 6) is 0.258. The third-order valence-corrected chi connectivity index (χ3v) is 4.68. The topological polar surface area (TPSA) is 41.6 Å². The van der Waals surface area contributed by atoms with E-state index in [0.29, 0.717) is 12.1 Å². The number of ether oxygens (including phenoxy) is 1. The molecule has 0 unspecified atom stereocenters. The van der Waals surface area contributed by atoms with E-state index in [1.54, 1.807) is 6.92 Å². The number of amides is 1. The average Bonchev–Trinajstić information content (AvgIpc) is 3.14. The van der Waals surface area contributed by atoms with Crippen LogP contribution in [-0.2, 0) is 9.53 Å². The first-order chi connectivity index (χ1) is 8.70. The van der Waals surface area contributed by atoms with Crippen LogP contribution >= 0.6 is 0 Å². The SMILES string of the molecule is CC(=O)N(C1CC1)[C@H]1CCOC2(CCNCC2)C1. The molecule has 2 saturated heterocycles. The van der Waals surface area contributed by atoms with Crippen LogP contribution in [0.4, 0.5) is 0 Å². The van der Waals surface area contributed by atoms with Crippen molar-refractivity contribution in [1.29, 1.82) is 0 Å². The van der Waals surface area contributed by atoms with Crippen LogP contribution in [0.5, 0.6) is 0 Å². The lowest BCUT2D eigenvalue weighted by Gasteiger charge is -2.46. The van der Waals surface area contributed by atoms with Gasteiger partial charge in [-0.15, -0.1) is 0 Å². The van der Waals surface area contributed by atoms with Gasteiger partial charge in [0.15, 0.2) is 0 Å². The summed E-state index contributed by atoms with van der Waals surface area (Å²) in [6, 6.07) is 0.950. The third kappa shape index (κ3) is 2.41. The van der Waals surface area contributed by atoms with Gasteiger partial charge in [-0.3, -0.25) is 4.79 Å². The maximum Gasteiger partial charge on any atom is 0.219 e. The van der Waals surface area contributed by atoms with E-state index in [2.05, 4.69) is 10.2 Å². The highest BCUT2D eigenvalue weighted by Crippen LogP contribution is 2.38. The number of rotatable bonds is 2. The molecule has 2 heterocycles. The van der Waals surface area contributed by atoms with Gasteiger partial charge >= 0.3 is 0 Å². The second-order valence-corrected chi connectivity index (χ2v) is 6.09. The van der Waals surface area contributed by atoms with Crippen molar-refractivity contribution in [3.63, 3.8) is 0 Å². The summed E-state index contributed by atoms with van der Waals surface area (Å²) >= 11 is 0. The molecular weight excluding hydrogens is 228 g/mol. The van der Waals surface area contributed by atoms with Gasteiger partial charge in [-0.2, -0.15) is 0 Å². The summed E-state index contributed by atoms with van der Waals surface area (Å²) < 4.78 is 6.09. The van der Waals surface area contributed by atoms with Crippen LogP contribution < -0.4 is 5.32 Å². The molecule has 1 atom stereocenters. The summed E-state index contributed by atoms with van der Waals surface area (Å²) in [7, 11) is 0. The van der Waals surface area contributed by atoms with Crippen molar-refractivity contribution < 1.29 is 9.53 Å². The summed E-state index contributed by atoms with van der Waals surface area (Å²) in [6.07, 6.45) is 6.66. The molecule has 1 saturated carbocycles. The number of hydrogen-bond acceptors (Lipinski definition) is 3. The smallest absolute Gasteiger partial charge is 0.219 e. The second kappa shape index (κ2) is 4.82. The lowest BCUT2D eigenvalue weighted by molar-refractivity contribution is -0.145. The van der Waals surface area contributed by atoms with Crippen molar-refractivity contribution in [2.24, 2.45) is 0 Å². The molecule has 0 bridgehead atoms. The van der Waals surface area contributed by atoms with E-state index in [1.807, 2.05) is 0 Å². The molecule has 2 aliphatic heterocycles. The molecule has 3 rings (SSSR count). The summed E-state index contributed by atoms with van der Waals surface area (Å²) in [4.78, 5) is 14.0. The molecule has 3 aliphatic rings. The fourth-order valence-electron chi connectivity index (χ4n) is 3.64. The lowest BCUT2D eigenvalue weighted by Crippen LogP contribution is -2.54. The fraction of sp³-hybridized carbons (Fsp3) is 0.929. The minimum Gasteiger partial charge on any atom is -0.375 e. The van der Waals surface area contributed by atoms with Crippen LogP contribution in [0.2, 0.25) is 0 Å². The van der Waals surface area contributed by atoms with Gasteiger partial charge in [0.25, 0.3) is 0 Å². The minimum absolute atomic E-state index is 0.0523. The van der Waals surface area contributed by atoms with E-state index in [9.17, 15) is 4.79 Å². The van der Waals surface area contributed by atoms with Crippen LogP contribution in [0.15, 0.2) is 0 Å². The third-order valence-electron chi connectivity index (χ3n) is 4.68. The Morgan fingerprint density at radius 2 is 1.94 bits per heavy atom. The molecule has 1 N–H and O–H groups in total. The number of carbonyl (C=O) groups excluding carboxylic acids is 1. The van der Waals surface area contributed by atoms with E-state index in [4.69, 9.17) is 4.74 Å². The standard InChI is InChI=1S/C14H24N2O2/c1-11(17)16(12-2-3-12)13-4-9-18-14(10-13)5-7-15-8-6-14/h12-13,15H,2-10H2,1H3/t13-/m0/s1. The molecule has 1 spiro atoms. The molecular formula is C14H24N2O2. The van der Waals surface area contributed by atoms with Crippen molar-refractivity contribution >= 4 is 5.91 Å². The van der Waals surface area contributed by atoms with E-state index in [0.717, 1.165) is 45.4 Å². The zero-order valence-electron chi connectivity index (χ0n) is 11.3. The predicted octanol–water partition coefficient (Wildman–Crippen LogP) is 1.30. The first kappa shape index (κ1) is 12.4. The molecule has 4 heteroatoms.